The lowest BCUT2D eigenvalue weighted by Crippen LogP contribution is -2.54. The summed E-state index contributed by atoms with van der Waals surface area (Å²) in [4.78, 5) is 15.1. The van der Waals surface area contributed by atoms with Gasteiger partial charge in [-0.05, 0) is 19.8 Å². The molecule has 17 heavy (non-hydrogen) atoms. The zero-order valence-electron chi connectivity index (χ0n) is 10.3. The van der Waals surface area contributed by atoms with E-state index in [0.717, 1.165) is 43.7 Å². The van der Waals surface area contributed by atoms with Crippen LogP contribution in [-0.2, 0) is 4.79 Å². The fourth-order valence-corrected chi connectivity index (χ4v) is 4.15. The lowest BCUT2D eigenvalue weighted by atomic mass is 9.84. The minimum absolute atomic E-state index is 0.190. The number of nitrogens with two attached hydrogens (primary N) is 1. The predicted molar refractivity (Wildman–Crippen MR) is 76.2 cm³/mol. The van der Waals surface area contributed by atoms with Gasteiger partial charge in [0.25, 0.3) is 0 Å². The molecule has 1 amide bonds. The molecule has 1 aliphatic carbocycles. The van der Waals surface area contributed by atoms with Gasteiger partial charge < -0.3 is 10.6 Å². The van der Waals surface area contributed by atoms with E-state index in [0.29, 0.717) is 11.0 Å². The Morgan fingerprint density at radius 3 is 2.65 bits per heavy atom. The van der Waals surface area contributed by atoms with Gasteiger partial charge in [0.05, 0.1) is 10.4 Å². The highest BCUT2D eigenvalue weighted by Crippen LogP contribution is 2.41. The summed E-state index contributed by atoms with van der Waals surface area (Å²) >= 11 is 7.09. The Labute approximate surface area is 112 Å². The molecule has 2 fully saturated rings. The van der Waals surface area contributed by atoms with Crippen LogP contribution in [0, 0.1) is 5.41 Å². The van der Waals surface area contributed by atoms with Crippen molar-refractivity contribution in [3.8, 4) is 0 Å². The normalized spacial score (nSPS) is 28.1. The van der Waals surface area contributed by atoms with Gasteiger partial charge in [0.2, 0.25) is 5.91 Å². The average Bonchev–Trinajstić information content (AvgIpc) is 2.79. The number of amides is 1. The Morgan fingerprint density at radius 1 is 1.47 bits per heavy atom. The third-order valence-electron chi connectivity index (χ3n) is 3.97. The van der Waals surface area contributed by atoms with E-state index in [1.165, 1.54) is 0 Å². The zero-order chi connectivity index (χ0) is 12.5. The fraction of sp³-hybridized carbons (Fsp3) is 0.833. The van der Waals surface area contributed by atoms with E-state index in [1.54, 1.807) is 0 Å². The van der Waals surface area contributed by atoms with Gasteiger partial charge in [-0.1, -0.05) is 25.1 Å². The summed E-state index contributed by atoms with van der Waals surface area (Å²) in [6, 6.07) is 0.313. The number of thioether (sulfide) groups is 1. The molecule has 0 aromatic carbocycles. The number of hydrogen-bond donors (Lipinski definition) is 1. The average molecular weight is 272 g/mol. The third-order valence-corrected chi connectivity index (χ3v) is 5.55. The maximum atomic E-state index is 12.7. The minimum atomic E-state index is -0.522. The van der Waals surface area contributed by atoms with Gasteiger partial charge in [-0.3, -0.25) is 4.79 Å². The van der Waals surface area contributed by atoms with Gasteiger partial charge in [-0.25, -0.2) is 0 Å². The first-order valence-electron chi connectivity index (χ1n) is 6.27. The van der Waals surface area contributed by atoms with Crippen molar-refractivity contribution in [2.75, 3.05) is 18.1 Å². The predicted octanol–water partition coefficient (Wildman–Crippen LogP) is 1.80. The van der Waals surface area contributed by atoms with Crippen LogP contribution in [0.3, 0.4) is 0 Å². The second-order valence-corrected chi connectivity index (χ2v) is 6.67. The molecule has 3 nitrogen and oxygen atoms in total. The quantitative estimate of drug-likeness (QED) is 0.779. The smallest absolute Gasteiger partial charge is 0.235 e. The summed E-state index contributed by atoms with van der Waals surface area (Å²) in [7, 11) is 0. The molecule has 1 atom stereocenters. The monoisotopic (exact) mass is 272 g/mol. The van der Waals surface area contributed by atoms with Crippen LogP contribution < -0.4 is 5.73 Å². The largest absolute Gasteiger partial charge is 0.392 e. The summed E-state index contributed by atoms with van der Waals surface area (Å²) in [5.41, 5.74) is 5.34. The molecule has 0 bridgehead atoms. The molecule has 1 heterocycles. The molecule has 2 rings (SSSR count). The topological polar surface area (TPSA) is 46.3 Å². The van der Waals surface area contributed by atoms with Crippen LogP contribution in [0.5, 0.6) is 0 Å². The molecule has 0 aromatic rings. The van der Waals surface area contributed by atoms with Gasteiger partial charge in [-0.2, -0.15) is 11.8 Å². The molecule has 2 N–H and O–H groups in total. The molecule has 1 unspecified atom stereocenters. The van der Waals surface area contributed by atoms with Crippen molar-refractivity contribution in [2.45, 2.75) is 38.6 Å². The SMILES string of the molecule is CC1CSCCN1C(=O)C1(C(N)=S)CCCC1. The van der Waals surface area contributed by atoms with Crippen molar-refractivity contribution >= 4 is 34.9 Å². The van der Waals surface area contributed by atoms with E-state index in [9.17, 15) is 4.79 Å². The molecule has 5 heteroatoms. The molecule has 1 saturated heterocycles. The second kappa shape index (κ2) is 5.14. The maximum Gasteiger partial charge on any atom is 0.235 e. The van der Waals surface area contributed by atoms with Crippen molar-refractivity contribution in [2.24, 2.45) is 11.1 Å². The minimum Gasteiger partial charge on any atom is -0.392 e. The van der Waals surface area contributed by atoms with Crippen molar-refractivity contribution in [1.29, 1.82) is 0 Å². The summed E-state index contributed by atoms with van der Waals surface area (Å²) in [6.07, 6.45) is 3.83. The molecular weight excluding hydrogens is 252 g/mol. The molecule has 2 aliphatic rings. The Morgan fingerprint density at radius 2 is 2.12 bits per heavy atom. The molecule has 0 spiro atoms. The number of carbonyl (C=O) groups is 1. The number of hydrogen-bond acceptors (Lipinski definition) is 3. The fourth-order valence-electron chi connectivity index (χ4n) is 2.85. The second-order valence-electron chi connectivity index (χ2n) is 5.08. The highest BCUT2D eigenvalue weighted by atomic mass is 32.2. The van der Waals surface area contributed by atoms with Crippen molar-refractivity contribution in [3.63, 3.8) is 0 Å². The molecule has 0 radical (unpaired) electrons. The first kappa shape index (κ1) is 13.1. The molecule has 0 aromatic heterocycles. The highest BCUT2D eigenvalue weighted by molar-refractivity contribution is 7.99. The summed E-state index contributed by atoms with van der Waals surface area (Å²) in [5.74, 6) is 2.25. The van der Waals surface area contributed by atoms with Crippen LogP contribution in [-0.4, -0.2) is 39.9 Å². The van der Waals surface area contributed by atoms with Crippen LogP contribution >= 0.6 is 24.0 Å². The van der Waals surface area contributed by atoms with Gasteiger partial charge >= 0.3 is 0 Å². The molecule has 96 valence electrons. The first-order valence-corrected chi connectivity index (χ1v) is 7.83. The van der Waals surface area contributed by atoms with Crippen LogP contribution in [0.15, 0.2) is 0 Å². The van der Waals surface area contributed by atoms with E-state index in [-0.39, 0.29) is 5.91 Å². The Bertz CT molecular complexity index is 326. The maximum absolute atomic E-state index is 12.7. The first-order chi connectivity index (χ1) is 8.08. The number of nitrogens with zero attached hydrogens (tertiary/aromatic N) is 1. The van der Waals surface area contributed by atoms with Gasteiger partial charge in [-0.15, -0.1) is 0 Å². The number of thiocarbonyl (C=S) groups is 1. The van der Waals surface area contributed by atoms with Gasteiger partial charge in [0.15, 0.2) is 0 Å². The van der Waals surface area contributed by atoms with E-state index in [4.69, 9.17) is 18.0 Å². The summed E-state index contributed by atoms with van der Waals surface area (Å²) in [6.45, 7) is 2.96. The van der Waals surface area contributed by atoms with E-state index in [1.807, 2.05) is 16.7 Å². The highest BCUT2D eigenvalue weighted by Gasteiger charge is 2.47. The third kappa shape index (κ3) is 2.32. The number of carbonyl (C=O) groups excluding carboxylic acids is 1. The lowest BCUT2D eigenvalue weighted by Gasteiger charge is -2.39. The zero-order valence-corrected chi connectivity index (χ0v) is 11.9. The Balaban J connectivity index is 2.19. The summed E-state index contributed by atoms with van der Waals surface area (Å²) in [5, 5.41) is 0. The van der Waals surface area contributed by atoms with Crippen molar-refractivity contribution < 1.29 is 4.79 Å². The van der Waals surface area contributed by atoms with E-state index in [2.05, 4.69) is 6.92 Å². The number of rotatable bonds is 2. The molecular formula is C12H20N2OS2. The molecule has 1 saturated carbocycles. The van der Waals surface area contributed by atoms with E-state index >= 15 is 0 Å². The lowest BCUT2D eigenvalue weighted by molar-refractivity contribution is -0.139. The van der Waals surface area contributed by atoms with Crippen LogP contribution in [0.1, 0.15) is 32.6 Å². The van der Waals surface area contributed by atoms with Crippen molar-refractivity contribution in [1.82, 2.24) is 4.90 Å². The Hall–Kier alpha value is -0.290. The van der Waals surface area contributed by atoms with Crippen LogP contribution in [0.4, 0.5) is 0 Å². The van der Waals surface area contributed by atoms with Crippen LogP contribution in [0.2, 0.25) is 0 Å². The molecule has 1 aliphatic heterocycles. The summed E-state index contributed by atoms with van der Waals surface area (Å²) < 4.78 is 0. The standard InChI is InChI=1S/C12H20N2OS2/c1-9-8-17-7-6-14(9)11(15)12(10(13)16)4-2-3-5-12/h9H,2-8H2,1H3,(H2,13,16). The van der Waals surface area contributed by atoms with Crippen LogP contribution in [0.25, 0.3) is 0 Å². The van der Waals surface area contributed by atoms with Gasteiger partial charge in [0, 0.05) is 24.1 Å². The Kier molecular flexibility index (Phi) is 3.98. The van der Waals surface area contributed by atoms with Gasteiger partial charge in [0.1, 0.15) is 0 Å². The van der Waals surface area contributed by atoms with Crippen molar-refractivity contribution in [3.05, 3.63) is 0 Å². The van der Waals surface area contributed by atoms with E-state index < -0.39 is 5.41 Å².